The van der Waals surface area contributed by atoms with Crippen LogP contribution in [0.4, 0.5) is 11.6 Å². The standard InChI is InChI=1S/C50H41N9O5/c60-36-21-19-35(20-22-36)45-50(37-31-32(18-23-38(37)53-48(50)63)11-9-26-58-40-17-8-7-16-39(40)54-55-58)41(46(61)56-27-29-57(30-28-56)49-51-24-10-25-52-49)43-47(62)64-44(34-14-5-2-6-15-34)42(59(43)45)33-12-3-1-4-13-33/h1-8,10,12-25,31,41-45,60H,26-30H2,(H,53,63)/t41-,42-,43-,44+,45+,50-/m0/s1. The van der Waals surface area contributed by atoms with Crippen molar-refractivity contribution in [2.75, 3.05) is 36.4 Å². The Morgan fingerprint density at radius 2 is 1.48 bits per heavy atom. The number of piperazine rings is 1. The van der Waals surface area contributed by atoms with Gasteiger partial charge in [-0.1, -0.05) is 102 Å². The zero-order valence-corrected chi connectivity index (χ0v) is 34.4. The van der Waals surface area contributed by atoms with Gasteiger partial charge < -0.3 is 25.0 Å². The molecule has 3 saturated heterocycles. The molecule has 0 bridgehead atoms. The lowest BCUT2D eigenvalue weighted by molar-refractivity contribution is -0.179. The van der Waals surface area contributed by atoms with Gasteiger partial charge in [0.05, 0.1) is 23.5 Å². The summed E-state index contributed by atoms with van der Waals surface area (Å²) < 4.78 is 8.32. The van der Waals surface area contributed by atoms with Crippen LogP contribution in [0.2, 0.25) is 0 Å². The fourth-order valence-corrected chi connectivity index (χ4v) is 10.3. The third-order valence-corrected chi connectivity index (χ3v) is 13.1. The van der Waals surface area contributed by atoms with Gasteiger partial charge in [0.25, 0.3) is 0 Å². The number of nitrogens with zero attached hydrogens (tertiary/aromatic N) is 8. The second kappa shape index (κ2) is 15.8. The number of cyclic esters (lactones) is 1. The van der Waals surface area contributed by atoms with Crippen molar-refractivity contribution in [1.82, 2.24) is 34.8 Å². The number of aromatic hydroxyl groups is 1. The van der Waals surface area contributed by atoms with Crippen LogP contribution in [0.15, 0.2) is 146 Å². The molecule has 6 atom stereocenters. The van der Waals surface area contributed by atoms with E-state index in [1.54, 1.807) is 52.3 Å². The Morgan fingerprint density at radius 1 is 0.781 bits per heavy atom. The van der Waals surface area contributed by atoms with E-state index >= 15 is 14.4 Å². The van der Waals surface area contributed by atoms with Crippen molar-refractivity contribution in [1.29, 1.82) is 0 Å². The summed E-state index contributed by atoms with van der Waals surface area (Å²) in [6.07, 6.45) is 2.57. The van der Waals surface area contributed by atoms with Gasteiger partial charge in [0.1, 0.15) is 35.4 Å². The van der Waals surface area contributed by atoms with Gasteiger partial charge in [-0.15, -0.1) is 5.10 Å². The molecular weight excluding hydrogens is 807 g/mol. The Morgan fingerprint density at radius 3 is 2.23 bits per heavy atom. The van der Waals surface area contributed by atoms with Gasteiger partial charge in [0.2, 0.25) is 17.8 Å². The summed E-state index contributed by atoms with van der Waals surface area (Å²) in [4.78, 5) is 61.4. The molecule has 64 heavy (non-hydrogen) atoms. The Kier molecular flexibility index (Phi) is 9.62. The Bertz CT molecular complexity index is 2970. The SMILES string of the molecule is O=C1O[C@H](c2ccccc2)[C@H](c2ccccc2)N2[C@H]1[C@@H](C(=O)N1CCN(c3ncccn3)CC1)[C@]1(C(=O)Nc3ccc(C#CCn4nnc5ccccc54)cc31)[C@H]2c1ccc(O)cc1. The fourth-order valence-electron chi connectivity index (χ4n) is 10.3. The minimum Gasteiger partial charge on any atom is -0.508 e. The number of phenolic OH excluding ortho intramolecular Hbond substituents is 1. The van der Waals surface area contributed by atoms with E-state index in [0.29, 0.717) is 54.5 Å². The number of para-hydroxylation sites is 1. The van der Waals surface area contributed by atoms with Crippen LogP contribution in [0.25, 0.3) is 11.0 Å². The first kappa shape index (κ1) is 39.0. The van der Waals surface area contributed by atoms with Crippen molar-refractivity contribution in [3.05, 3.63) is 174 Å². The average molecular weight is 848 g/mol. The number of amides is 2. The summed E-state index contributed by atoms with van der Waals surface area (Å²) >= 11 is 0. The summed E-state index contributed by atoms with van der Waals surface area (Å²) in [6.45, 7) is 1.77. The second-order valence-electron chi connectivity index (χ2n) is 16.5. The zero-order valence-electron chi connectivity index (χ0n) is 34.4. The fraction of sp³-hybridized carbons (Fsp3) is 0.220. The van der Waals surface area contributed by atoms with Crippen LogP contribution in [0.1, 0.15) is 46.0 Å². The highest BCUT2D eigenvalue weighted by Gasteiger charge is 2.74. The number of morpholine rings is 1. The van der Waals surface area contributed by atoms with Crippen LogP contribution in [-0.2, 0) is 31.1 Å². The number of fused-ring (bicyclic) bond motifs is 4. The molecule has 316 valence electrons. The predicted molar refractivity (Wildman–Crippen MR) is 236 cm³/mol. The Balaban J connectivity index is 1.10. The maximum atomic E-state index is 15.9. The van der Waals surface area contributed by atoms with Gasteiger partial charge >= 0.3 is 5.97 Å². The van der Waals surface area contributed by atoms with Crippen molar-refractivity contribution in [2.45, 2.75) is 36.2 Å². The molecule has 11 rings (SSSR count). The summed E-state index contributed by atoms with van der Waals surface area (Å²) in [5.41, 5.74) is 3.86. The van der Waals surface area contributed by atoms with E-state index in [0.717, 1.165) is 22.2 Å². The Hall–Kier alpha value is -7.89. The van der Waals surface area contributed by atoms with Crippen LogP contribution in [0.5, 0.6) is 5.75 Å². The quantitative estimate of drug-likeness (QED) is 0.159. The van der Waals surface area contributed by atoms with Crippen LogP contribution in [-0.4, -0.2) is 89.9 Å². The summed E-state index contributed by atoms with van der Waals surface area (Å²) in [7, 11) is 0. The maximum absolute atomic E-state index is 15.9. The third kappa shape index (κ3) is 6.34. The third-order valence-electron chi connectivity index (χ3n) is 13.1. The number of carbonyl (C=O) groups is 3. The molecule has 0 saturated carbocycles. The predicted octanol–water partition coefficient (Wildman–Crippen LogP) is 5.60. The zero-order chi connectivity index (χ0) is 43.4. The van der Waals surface area contributed by atoms with Gasteiger partial charge in [-0.25, -0.2) is 14.6 Å². The van der Waals surface area contributed by atoms with Gasteiger partial charge in [-0.3, -0.25) is 19.3 Å². The highest BCUT2D eigenvalue weighted by atomic mass is 16.6. The van der Waals surface area contributed by atoms with Crippen molar-refractivity contribution >= 4 is 40.5 Å². The second-order valence-corrected chi connectivity index (χ2v) is 16.5. The molecule has 4 aliphatic heterocycles. The Labute approximate surface area is 368 Å². The molecule has 0 aliphatic carbocycles. The number of phenols is 1. The number of benzene rings is 5. The summed E-state index contributed by atoms with van der Waals surface area (Å²) in [5.74, 6) is 4.52. The van der Waals surface area contributed by atoms with E-state index in [4.69, 9.17) is 4.74 Å². The van der Waals surface area contributed by atoms with Gasteiger partial charge in [0, 0.05) is 49.8 Å². The van der Waals surface area contributed by atoms with Crippen LogP contribution in [0.3, 0.4) is 0 Å². The molecule has 14 heteroatoms. The van der Waals surface area contributed by atoms with Crippen LogP contribution < -0.4 is 10.2 Å². The molecule has 0 radical (unpaired) electrons. The highest BCUT2D eigenvalue weighted by molar-refractivity contribution is 6.12. The first-order valence-electron chi connectivity index (χ1n) is 21.3. The number of anilines is 2. The molecule has 4 aliphatic rings. The van der Waals surface area contributed by atoms with E-state index in [-0.39, 0.29) is 18.2 Å². The van der Waals surface area contributed by atoms with E-state index in [1.165, 1.54) is 0 Å². The van der Waals surface area contributed by atoms with Crippen molar-refractivity contribution in [2.24, 2.45) is 5.92 Å². The van der Waals surface area contributed by atoms with Crippen LogP contribution in [0, 0.1) is 17.8 Å². The highest BCUT2D eigenvalue weighted by Crippen LogP contribution is 2.65. The number of carbonyl (C=O) groups excluding carboxylic acids is 3. The largest absolute Gasteiger partial charge is 0.508 e. The molecule has 2 amide bonds. The molecular formula is C50H41N9O5. The van der Waals surface area contributed by atoms with E-state index in [9.17, 15) is 5.11 Å². The monoisotopic (exact) mass is 847 g/mol. The lowest BCUT2D eigenvalue weighted by Crippen LogP contribution is -2.58. The average Bonchev–Trinajstić information content (AvgIpc) is 4.00. The first-order valence-corrected chi connectivity index (χ1v) is 21.3. The molecule has 2 aromatic heterocycles. The van der Waals surface area contributed by atoms with Crippen LogP contribution >= 0.6 is 0 Å². The number of ether oxygens (including phenoxy) is 1. The lowest BCUT2D eigenvalue weighted by atomic mass is 9.65. The van der Waals surface area contributed by atoms with Gasteiger partial charge in [-0.05, 0) is 70.8 Å². The van der Waals surface area contributed by atoms with Gasteiger partial charge in [0.15, 0.2) is 0 Å². The topological polar surface area (TPSA) is 159 Å². The summed E-state index contributed by atoms with van der Waals surface area (Å²) in [5, 5.41) is 22.4. The minimum absolute atomic E-state index is 0.0362. The smallest absolute Gasteiger partial charge is 0.324 e. The minimum atomic E-state index is -1.69. The van der Waals surface area contributed by atoms with Crippen molar-refractivity contribution < 1.29 is 24.2 Å². The number of hydrogen-bond donors (Lipinski definition) is 2. The number of aromatic nitrogens is 5. The van der Waals surface area contributed by atoms with E-state index in [1.807, 2.05) is 108 Å². The summed E-state index contributed by atoms with van der Waals surface area (Å²) in [6, 6.07) is 38.3. The van der Waals surface area contributed by atoms with Crippen molar-refractivity contribution in [3.63, 3.8) is 0 Å². The molecule has 5 aromatic carbocycles. The molecule has 7 aromatic rings. The maximum Gasteiger partial charge on any atom is 0.324 e. The van der Waals surface area contributed by atoms with Gasteiger partial charge in [-0.2, -0.15) is 0 Å². The number of rotatable bonds is 6. The lowest BCUT2D eigenvalue weighted by Gasteiger charge is -2.46. The first-order chi connectivity index (χ1) is 31.4. The molecule has 0 unspecified atom stereocenters. The number of nitrogens with one attached hydrogen (secondary N) is 1. The van der Waals surface area contributed by atoms with E-state index in [2.05, 4.69) is 42.3 Å². The molecule has 3 fully saturated rings. The number of hydrogen-bond acceptors (Lipinski definition) is 11. The van der Waals surface area contributed by atoms with E-state index < -0.39 is 47.4 Å². The molecule has 2 N–H and O–H groups in total. The molecule has 14 nitrogen and oxygen atoms in total. The molecule has 6 heterocycles. The molecule has 1 spiro atoms. The van der Waals surface area contributed by atoms with Crippen molar-refractivity contribution in [3.8, 4) is 17.6 Å². The number of esters is 1. The normalized spacial score (nSPS) is 23.8.